The van der Waals surface area contributed by atoms with Crippen molar-refractivity contribution < 1.29 is 14.5 Å². The normalized spacial score (nSPS) is 11.6. The van der Waals surface area contributed by atoms with Crippen LogP contribution in [0.25, 0.3) is 0 Å². The zero-order chi connectivity index (χ0) is 16.8. The van der Waals surface area contributed by atoms with E-state index in [9.17, 15) is 14.9 Å². The molecule has 1 atom stereocenters. The molecule has 0 saturated heterocycles. The molecule has 0 spiro atoms. The van der Waals surface area contributed by atoms with Crippen LogP contribution >= 0.6 is 0 Å². The van der Waals surface area contributed by atoms with Gasteiger partial charge in [0.1, 0.15) is 0 Å². The number of benzene rings is 2. The molecule has 2 aromatic rings. The van der Waals surface area contributed by atoms with Crippen LogP contribution < -0.4 is 10.1 Å². The first-order valence-corrected chi connectivity index (χ1v) is 7.20. The van der Waals surface area contributed by atoms with Gasteiger partial charge in [0.05, 0.1) is 4.92 Å². The summed E-state index contributed by atoms with van der Waals surface area (Å²) in [6.07, 6.45) is -0.833. The number of amides is 1. The lowest BCUT2D eigenvalue weighted by Gasteiger charge is -2.15. The number of rotatable bonds is 6. The summed E-state index contributed by atoms with van der Waals surface area (Å²) in [4.78, 5) is 22.6. The van der Waals surface area contributed by atoms with Crippen molar-refractivity contribution in [2.45, 2.75) is 26.5 Å². The Morgan fingerprint density at radius 2 is 1.96 bits per heavy atom. The zero-order valence-electron chi connectivity index (χ0n) is 13.0. The van der Waals surface area contributed by atoms with E-state index in [0.717, 1.165) is 11.1 Å². The van der Waals surface area contributed by atoms with E-state index in [1.807, 2.05) is 30.3 Å². The maximum absolute atomic E-state index is 12.1. The number of aryl methyl sites for hydroxylation is 1. The summed E-state index contributed by atoms with van der Waals surface area (Å²) >= 11 is 0. The fourth-order valence-electron chi connectivity index (χ4n) is 2.04. The molecule has 0 fully saturated rings. The van der Waals surface area contributed by atoms with Crippen molar-refractivity contribution in [3.8, 4) is 5.75 Å². The third-order valence-corrected chi connectivity index (χ3v) is 3.29. The largest absolute Gasteiger partial charge is 0.474 e. The SMILES string of the molecule is Cc1ccc(O[C@H](C)C(=O)NCc2ccccc2)c([N+](=O)[O-])c1. The van der Waals surface area contributed by atoms with Crippen molar-refractivity contribution in [1.82, 2.24) is 5.32 Å². The Kier molecular flexibility index (Phi) is 5.30. The first kappa shape index (κ1) is 16.5. The van der Waals surface area contributed by atoms with Gasteiger partial charge < -0.3 is 10.1 Å². The molecule has 0 aromatic heterocycles. The lowest BCUT2D eigenvalue weighted by atomic mass is 10.2. The van der Waals surface area contributed by atoms with E-state index < -0.39 is 11.0 Å². The topological polar surface area (TPSA) is 81.5 Å². The predicted octanol–water partition coefficient (Wildman–Crippen LogP) is 2.99. The molecule has 0 radical (unpaired) electrons. The van der Waals surface area contributed by atoms with Crippen LogP contribution in [0.2, 0.25) is 0 Å². The highest BCUT2D eigenvalue weighted by Gasteiger charge is 2.21. The molecule has 0 aliphatic carbocycles. The summed E-state index contributed by atoms with van der Waals surface area (Å²) in [6.45, 7) is 3.69. The molecule has 1 N–H and O–H groups in total. The third kappa shape index (κ3) is 4.54. The van der Waals surface area contributed by atoms with Crippen molar-refractivity contribution in [2.24, 2.45) is 0 Å². The number of nitrogens with zero attached hydrogens (tertiary/aromatic N) is 1. The number of nitrogens with one attached hydrogen (secondary N) is 1. The van der Waals surface area contributed by atoms with E-state index in [4.69, 9.17) is 4.74 Å². The summed E-state index contributed by atoms with van der Waals surface area (Å²) < 4.78 is 5.46. The molecule has 120 valence electrons. The van der Waals surface area contributed by atoms with Crippen LogP contribution in [0, 0.1) is 17.0 Å². The first-order valence-electron chi connectivity index (χ1n) is 7.20. The van der Waals surface area contributed by atoms with Crippen molar-refractivity contribution in [1.29, 1.82) is 0 Å². The molecule has 2 aromatic carbocycles. The van der Waals surface area contributed by atoms with Gasteiger partial charge in [-0.3, -0.25) is 14.9 Å². The summed E-state index contributed by atoms with van der Waals surface area (Å²) in [5.41, 5.74) is 1.58. The molecule has 1 amide bonds. The fraction of sp³-hybridized carbons (Fsp3) is 0.235. The smallest absolute Gasteiger partial charge is 0.311 e. The number of nitro groups is 1. The molecule has 2 rings (SSSR count). The highest BCUT2D eigenvalue weighted by atomic mass is 16.6. The van der Waals surface area contributed by atoms with Gasteiger partial charge >= 0.3 is 5.69 Å². The monoisotopic (exact) mass is 314 g/mol. The molecule has 23 heavy (non-hydrogen) atoms. The molecule has 6 heteroatoms. The van der Waals surface area contributed by atoms with E-state index in [0.29, 0.717) is 6.54 Å². The van der Waals surface area contributed by atoms with Crippen molar-refractivity contribution in [3.63, 3.8) is 0 Å². The van der Waals surface area contributed by atoms with Gasteiger partial charge in [0.15, 0.2) is 11.9 Å². The Balaban J connectivity index is 2.00. The Morgan fingerprint density at radius 1 is 1.26 bits per heavy atom. The van der Waals surface area contributed by atoms with Crippen molar-refractivity contribution >= 4 is 11.6 Å². The Hall–Kier alpha value is -2.89. The van der Waals surface area contributed by atoms with Crippen LogP contribution in [-0.2, 0) is 11.3 Å². The van der Waals surface area contributed by atoms with Gasteiger partial charge in [-0.25, -0.2) is 0 Å². The Morgan fingerprint density at radius 3 is 2.61 bits per heavy atom. The van der Waals surface area contributed by atoms with Gasteiger partial charge in [-0.2, -0.15) is 0 Å². The molecule has 0 heterocycles. The summed E-state index contributed by atoms with van der Waals surface area (Å²) in [7, 11) is 0. The van der Waals surface area contributed by atoms with E-state index >= 15 is 0 Å². The molecular formula is C17H18N2O4. The average Bonchev–Trinajstić information content (AvgIpc) is 2.55. The molecule has 0 bridgehead atoms. The molecule has 0 unspecified atom stereocenters. The number of hydrogen-bond acceptors (Lipinski definition) is 4. The van der Waals surface area contributed by atoms with Crippen LogP contribution in [0.1, 0.15) is 18.1 Å². The number of carbonyl (C=O) groups is 1. The standard InChI is InChI=1S/C17H18N2O4/c1-12-8-9-16(15(10-12)19(21)22)23-13(2)17(20)18-11-14-6-4-3-5-7-14/h3-10,13H,11H2,1-2H3,(H,18,20)/t13-/m1/s1. The summed E-state index contributed by atoms with van der Waals surface area (Å²) in [5.74, 6) is -0.244. The second-order valence-electron chi connectivity index (χ2n) is 5.19. The van der Waals surface area contributed by atoms with Crippen LogP contribution in [0.5, 0.6) is 5.75 Å². The number of nitro benzene ring substituents is 1. The van der Waals surface area contributed by atoms with Gasteiger partial charge in [-0.15, -0.1) is 0 Å². The molecule has 6 nitrogen and oxygen atoms in total. The molecular weight excluding hydrogens is 296 g/mol. The quantitative estimate of drug-likeness (QED) is 0.656. The maximum atomic E-state index is 12.1. The predicted molar refractivity (Wildman–Crippen MR) is 86.2 cm³/mol. The van der Waals surface area contributed by atoms with Gasteiger partial charge in [-0.05, 0) is 31.0 Å². The summed E-state index contributed by atoms with van der Waals surface area (Å²) in [5, 5.41) is 13.8. The van der Waals surface area contributed by atoms with Crippen LogP contribution in [-0.4, -0.2) is 16.9 Å². The zero-order valence-corrected chi connectivity index (χ0v) is 13.0. The number of ether oxygens (including phenoxy) is 1. The Labute approximate surface area is 134 Å². The number of hydrogen-bond donors (Lipinski definition) is 1. The minimum atomic E-state index is -0.833. The molecule has 0 aliphatic rings. The van der Waals surface area contributed by atoms with Gasteiger partial charge in [0.25, 0.3) is 5.91 Å². The minimum Gasteiger partial charge on any atom is -0.474 e. The highest BCUT2D eigenvalue weighted by Crippen LogP contribution is 2.28. The average molecular weight is 314 g/mol. The number of carbonyl (C=O) groups excluding carboxylic acids is 1. The van der Waals surface area contributed by atoms with Crippen LogP contribution in [0.4, 0.5) is 5.69 Å². The lowest BCUT2D eigenvalue weighted by Crippen LogP contribution is -2.36. The van der Waals surface area contributed by atoms with Crippen LogP contribution in [0.3, 0.4) is 0 Å². The van der Waals surface area contributed by atoms with E-state index in [1.165, 1.54) is 12.1 Å². The first-order chi connectivity index (χ1) is 11.0. The second kappa shape index (κ2) is 7.40. The van der Waals surface area contributed by atoms with Gasteiger partial charge in [0.2, 0.25) is 0 Å². The second-order valence-corrected chi connectivity index (χ2v) is 5.19. The van der Waals surface area contributed by atoms with Gasteiger partial charge in [-0.1, -0.05) is 36.4 Å². The van der Waals surface area contributed by atoms with Crippen molar-refractivity contribution in [3.05, 3.63) is 69.8 Å². The summed E-state index contributed by atoms with van der Waals surface area (Å²) in [6, 6.07) is 14.1. The highest BCUT2D eigenvalue weighted by molar-refractivity contribution is 5.80. The van der Waals surface area contributed by atoms with Crippen LogP contribution in [0.15, 0.2) is 48.5 Å². The third-order valence-electron chi connectivity index (χ3n) is 3.29. The molecule has 0 aliphatic heterocycles. The Bertz CT molecular complexity index is 701. The van der Waals surface area contributed by atoms with E-state index in [-0.39, 0.29) is 17.3 Å². The fourth-order valence-corrected chi connectivity index (χ4v) is 2.04. The van der Waals surface area contributed by atoms with E-state index in [1.54, 1.807) is 19.9 Å². The maximum Gasteiger partial charge on any atom is 0.311 e. The lowest BCUT2D eigenvalue weighted by molar-refractivity contribution is -0.386. The van der Waals surface area contributed by atoms with Crippen molar-refractivity contribution in [2.75, 3.05) is 0 Å². The van der Waals surface area contributed by atoms with Gasteiger partial charge in [0, 0.05) is 12.6 Å². The minimum absolute atomic E-state index is 0.0861. The molecule has 0 saturated carbocycles. The van der Waals surface area contributed by atoms with E-state index in [2.05, 4.69) is 5.32 Å².